The molecule has 3 aromatic heterocycles. The summed E-state index contributed by atoms with van der Waals surface area (Å²) in [5.41, 5.74) is 7.69. The molecule has 5 nitrogen and oxygen atoms in total. The van der Waals surface area contributed by atoms with Gasteiger partial charge >= 0.3 is 0 Å². The molecule has 11 aromatic carbocycles. The van der Waals surface area contributed by atoms with Crippen LogP contribution in [0.25, 0.3) is 78.0 Å². The van der Waals surface area contributed by atoms with Crippen LogP contribution in [0.5, 0.6) is 0 Å². The van der Waals surface area contributed by atoms with Crippen LogP contribution in [0.1, 0.15) is 0 Å². The molecule has 1 aliphatic heterocycles. The van der Waals surface area contributed by atoms with Gasteiger partial charge in [-0.2, -0.15) is 9.97 Å². The van der Waals surface area contributed by atoms with Gasteiger partial charge in [0, 0.05) is 38.4 Å². The zero-order chi connectivity index (χ0) is 50.2. The lowest BCUT2D eigenvalue weighted by molar-refractivity contribution is 0.953. The highest BCUT2D eigenvalue weighted by atomic mass is 28.3. The predicted molar refractivity (Wildman–Crippen MR) is 320 cm³/mol. The molecule has 76 heavy (non-hydrogen) atoms. The topological polar surface area (TPSA) is 48.5 Å². The van der Waals surface area contributed by atoms with E-state index in [2.05, 4.69) is 294 Å². The van der Waals surface area contributed by atoms with Crippen molar-refractivity contribution in [1.29, 1.82) is 0 Å². The SMILES string of the molecule is c1ccc([Si](c2ccccc2)(c2ccccc2)c2cccc(-c3nc(-c4ccc([Si]5(c6ccccc6)c6ccccc6-n6c7ccccc7c7cccc5c76)cc4)nc(-n4c5ccccc5c5ccccc54)n3)c2)cc1. The number of nitrogens with zero attached hydrogens (tertiary/aromatic N) is 5. The lowest BCUT2D eigenvalue weighted by Crippen LogP contribution is -2.76. The lowest BCUT2D eigenvalue weighted by atomic mass is 10.1. The van der Waals surface area contributed by atoms with E-state index in [1.807, 2.05) is 0 Å². The van der Waals surface area contributed by atoms with Gasteiger partial charge in [0.1, 0.15) is 0 Å². The van der Waals surface area contributed by atoms with E-state index < -0.39 is 16.1 Å². The highest BCUT2D eigenvalue weighted by Crippen LogP contribution is 2.36. The first-order valence-corrected chi connectivity index (χ1v) is 30.0. The molecular weight excluding hydrogens is 955 g/mol. The molecule has 0 aliphatic carbocycles. The van der Waals surface area contributed by atoms with Crippen molar-refractivity contribution in [2.45, 2.75) is 0 Å². The van der Waals surface area contributed by atoms with E-state index in [0.717, 1.165) is 32.9 Å². The van der Waals surface area contributed by atoms with Gasteiger partial charge < -0.3 is 4.57 Å². The predicted octanol–water partition coefficient (Wildman–Crippen LogP) is 10.5. The van der Waals surface area contributed by atoms with Gasteiger partial charge in [0.05, 0.1) is 22.1 Å². The monoisotopic (exact) mass is 1000 g/mol. The third-order valence-corrected chi connectivity index (χ3v) is 25.6. The van der Waals surface area contributed by atoms with Gasteiger partial charge in [-0.1, -0.05) is 261 Å². The molecule has 0 spiro atoms. The van der Waals surface area contributed by atoms with Crippen LogP contribution < -0.4 is 41.5 Å². The molecule has 0 saturated carbocycles. The van der Waals surface area contributed by atoms with Gasteiger partial charge in [-0.15, -0.1) is 0 Å². The number of hydrogen-bond donors (Lipinski definition) is 0. The average molecular weight is 1000 g/mol. The molecule has 1 unspecified atom stereocenters. The van der Waals surface area contributed by atoms with Crippen molar-refractivity contribution in [2.24, 2.45) is 0 Å². The Morgan fingerprint density at radius 1 is 0.303 bits per heavy atom. The molecule has 1 atom stereocenters. The zero-order valence-corrected chi connectivity index (χ0v) is 43.4. The number of fused-ring (bicyclic) bond motifs is 8. The molecule has 0 radical (unpaired) electrons. The van der Waals surface area contributed by atoms with Crippen molar-refractivity contribution in [3.63, 3.8) is 0 Å². The molecule has 0 fully saturated rings. The average Bonchev–Trinajstić information content (AvgIpc) is 4.22. The van der Waals surface area contributed by atoms with Crippen molar-refractivity contribution in [3.05, 3.63) is 285 Å². The summed E-state index contributed by atoms with van der Waals surface area (Å²) in [5.74, 6) is 1.79. The highest BCUT2D eigenvalue weighted by Gasteiger charge is 2.48. The van der Waals surface area contributed by atoms with Crippen LogP contribution in [0, 0.1) is 0 Å². The fraction of sp³-hybridized carbons (Fsp3) is 0. The molecule has 0 amide bonds. The Labute approximate surface area is 442 Å². The second-order valence-electron chi connectivity index (χ2n) is 19.8. The van der Waals surface area contributed by atoms with E-state index in [0.29, 0.717) is 17.6 Å². The van der Waals surface area contributed by atoms with Crippen molar-refractivity contribution in [2.75, 3.05) is 0 Å². The minimum atomic E-state index is -2.96. The molecule has 356 valence electrons. The van der Waals surface area contributed by atoms with E-state index >= 15 is 0 Å². The first-order valence-electron chi connectivity index (χ1n) is 26.0. The minimum Gasteiger partial charge on any atom is -0.309 e. The third-order valence-electron chi connectivity index (χ3n) is 16.0. The first-order chi connectivity index (χ1) is 37.7. The lowest BCUT2D eigenvalue weighted by Gasteiger charge is -2.39. The number of para-hydroxylation sites is 5. The molecule has 0 saturated heterocycles. The summed E-state index contributed by atoms with van der Waals surface area (Å²) in [6.07, 6.45) is 0. The van der Waals surface area contributed by atoms with E-state index in [1.165, 1.54) is 69.0 Å². The van der Waals surface area contributed by atoms with Crippen LogP contribution in [0.15, 0.2) is 285 Å². The van der Waals surface area contributed by atoms with E-state index in [1.54, 1.807) is 0 Å². The summed E-state index contributed by atoms with van der Waals surface area (Å²) < 4.78 is 4.73. The third kappa shape index (κ3) is 6.46. The van der Waals surface area contributed by atoms with Crippen LogP contribution >= 0.6 is 0 Å². The molecule has 4 heterocycles. The fourth-order valence-electron chi connectivity index (χ4n) is 12.9. The summed E-state index contributed by atoms with van der Waals surface area (Å²) in [6, 6.07) is 105. The Hall–Kier alpha value is -9.54. The summed E-state index contributed by atoms with van der Waals surface area (Å²) in [4.78, 5) is 16.5. The molecular formula is C69H47N5Si2. The van der Waals surface area contributed by atoms with Gasteiger partial charge in [-0.3, -0.25) is 4.57 Å². The fourth-order valence-corrected chi connectivity index (χ4v) is 22.8. The van der Waals surface area contributed by atoms with E-state index in [9.17, 15) is 0 Å². The van der Waals surface area contributed by atoms with Crippen LogP contribution in [-0.2, 0) is 0 Å². The van der Waals surface area contributed by atoms with Crippen molar-refractivity contribution < 1.29 is 0 Å². The molecule has 14 aromatic rings. The molecule has 0 bridgehead atoms. The van der Waals surface area contributed by atoms with E-state index in [-0.39, 0.29) is 0 Å². The van der Waals surface area contributed by atoms with Crippen molar-refractivity contribution in [1.82, 2.24) is 24.1 Å². The molecule has 7 heteroatoms. The van der Waals surface area contributed by atoms with Gasteiger partial charge in [-0.25, -0.2) is 4.98 Å². The Kier molecular flexibility index (Phi) is 10.2. The van der Waals surface area contributed by atoms with Gasteiger partial charge in [0.2, 0.25) is 5.95 Å². The van der Waals surface area contributed by atoms with Gasteiger partial charge in [0.25, 0.3) is 0 Å². The van der Waals surface area contributed by atoms with Crippen LogP contribution in [0.2, 0.25) is 0 Å². The number of aromatic nitrogens is 5. The maximum absolute atomic E-state index is 5.51. The standard InChI is InChI=1S/C69H47N5Si2/c1-5-24-50(25-6-1)75(51-26-7-2-8-27-51,52-28-9-3-10-29-52)55-32-21-23-49(47-55)68-70-67(71-69(72-68)74-61-38-17-13-33-56(61)57-34-14-18-39-62(57)74)48-43-45-54(46-44-48)76(53-30-11-4-12-31-53)64-41-20-19-40-63(64)73-60-37-16-15-35-58(60)59-36-22-42-65(76)66(59)73/h1-47H. The smallest absolute Gasteiger partial charge is 0.238 e. The van der Waals surface area contributed by atoms with Crippen LogP contribution in [-0.4, -0.2) is 40.2 Å². The molecule has 0 N–H and O–H groups in total. The summed E-state index contributed by atoms with van der Waals surface area (Å²) in [6.45, 7) is 0. The zero-order valence-electron chi connectivity index (χ0n) is 41.4. The van der Waals surface area contributed by atoms with Crippen LogP contribution in [0.3, 0.4) is 0 Å². The molecule has 1 aliphatic rings. The van der Waals surface area contributed by atoms with Crippen LogP contribution in [0.4, 0.5) is 0 Å². The summed E-state index contributed by atoms with van der Waals surface area (Å²) in [5, 5.41) is 15.4. The van der Waals surface area contributed by atoms with E-state index in [4.69, 9.17) is 15.0 Å². The molecule has 15 rings (SSSR count). The van der Waals surface area contributed by atoms with Crippen molar-refractivity contribution >= 4 is 101 Å². The Bertz CT molecular complexity index is 4370. The maximum atomic E-state index is 5.51. The second-order valence-corrected chi connectivity index (χ2v) is 27.4. The number of hydrogen-bond acceptors (Lipinski definition) is 3. The summed E-state index contributed by atoms with van der Waals surface area (Å²) in [7, 11) is -5.84. The first kappa shape index (κ1) is 44.0. The highest BCUT2D eigenvalue weighted by molar-refractivity contribution is 7.21. The minimum absolute atomic E-state index is 0.570. The quantitative estimate of drug-likeness (QED) is 0.107. The number of benzene rings is 11. The second kappa shape index (κ2) is 17.6. The Morgan fingerprint density at radius 3 is 1.34 bits per heavy atom. The van der Waals surface area contributed by atoms with Gasteiger partial charge in [-0.05, 0) is 65.8 Å². The largest absolute Gasteiger partial charge is 0.309 e. The van der Waals surface area contributed by atoms with Crippen molar-refractivity contribution in [3.8, 4) is 34.4 Å². The Morgan fingerprint density at radius 2 is 0.737 bits per heavy atom. The normalized spacial score (nSPS) is 14.1. The van der Waals surface area contributed by atoms with Gasteiger partial charge in [0.15, 0.2) is 27.8 Å². The summed E-state index contributed by atoms with van der Waals surface area (Å²) >= 11 is 0. The maximum Gasteiger partial charge on any atom is 0.238 e. The Balaban J connectivity index is 0.964. The number of rotatable bonds is 9.